The highest BCUT2D eigenvalue weighted by atomic mass is 16.3. The largest absolute Gasteiger partial charge is 0.394 e. The van der Waals surface area contributed by atoms with Crippen LogP contribution in [0.25, 0.3) is 0 Å². The van der Waals surface area contributed by atoms with Crippen LogP contribution in [0.5, 0.6) is 0 Å². The molecule has 0 bridgehead atoms. The van der Waals surface area contributed by atoms with Crippen LogP contribution in [0, 0.1) is 6.92 Å². The van der Waals surface area contributed by atoms with Crippen LogP contribution in [0.15, 0.2) is 12.4 Å². The fraction of sp³-hybridized carbons (Fsp3) is 0.600. The van der Waals surface area contributed by atoms with Gasteiger partial charge in [0.25, 0.3) is 0 Å². The molecule has 1 aliphatic rings. The van der Waals surface area contributed by atoms with Crippen LogP contribution >= 0.6 is 0 Å². The smallest absolute Gasteiger partial charge is 0.150 e. The summed E-state index contributed by atoms with van der Waals surface area (Å²) >= 11 is 0. The molecule has 76 valence electrons. The number of hydrogen-bond acceptors (Lipinski definition) is 4. The molecule has 4 heteroatoms. The molecule has 1 fully saturated rings. The van der Waals surface area contributed by atoms with E-state index in [4.69, 9.17) is 0 Å². The summed E-state index contributed by atoms with van der Waals surface area (Å²) in [5.41, 5.74) is 0.938. The molecule has 0 radical (unpaired) electrons. The third-order valence-corrected chi connectivity index (χ3v) is 2.72. The second kappa shape index (κ2) is 3.92. The topological polar surface area (TPSA) is 49.2 Å². The summed E-state index contributed by atoms with van der Waals surface area (Å²) in [6.45, 7) is 3.13. The Bertz CT molecular complexity index is 316. The lowest BCUT2D eigenvalue weighted by Crippen LogP contribution is -2.33. The van der Waals surface area contributed by atoms with E-state index in [2.05, 4.69) is 14.9 Å². The van der Waals surface area contributed by atoms with Gasteiger partial charge in [0, 0.05) is 18.9 Å². The lowest BCUT2D eigenvalue weighted by Gasteiger charge is -2.24. The third-order valence-electron chi connectivity index (χ3n) is 2.72. The summed E-state index contributed by atoms with van der Waals surface area (Å²) in [4.78, 5) is 10.7. The average molecular weight is 193 g/mol. The molecule has 0 spiro atoms. The summed E-state index contributed by atoms with van der Waals surface area (Å²) in [5.74, 6) is 0.920. The molecule has 1 saturated heterocycles. The minimum Gasteiger partial charge on any atom is -0.394 e. The Morgan fingerprint density at radius 2 is 2.29 bits per heavy atom. The van der Waals surface area contributed by atoms with Gasteiger partial charge in [0.15, 0.2) is 0 Å². The number of rotatable bonds is 2. The average Bonchev–Trinajstić information content (AvgIpc) is 2.66. The molecule has 1 aliphatic heterocycles. The number of aliphatic hydroxyl groups excluding tert-OH is 1. The van der Waals surface area contributed by atoms with Gasteiger partial charge in [0.05, 0.1) is 18.3 Å². The SMILES string of the molecule is Cc1nccnc1N1CCC[C@@H]1CO. The highest BCUT2D eigenvalue weighted by Crippen LogP contribution is 2.24. The van der Waals surface area contributed by atoms with Gasteiger partial charge < -0.3 is 10.0 Å². The van der Waals surface area contributed by atoms with Gasteiger partial charge in [-0.05, 0) is 19.8 Å². The second-order valence-electron chi connectivity index (χ2n) is 3.64. The minimum atomic E-state index is 0.204. The van der Waals surface area contributed by atoms with Gasteiger partial charge in [-0.2, -0.15) is 0 Å². The standard InChI is InChI=1S/C10H15N3O/c1-8-10(12-5-4-11-8)13-6-2-3-9(13)7-14/h4-5,9,14H,2-3,6-7H2,1H3/t9-/m1/s1. The molecule has 4 nitrogen and oxygen atoms in total. The van der Waals surface area contributed by atoms with Crippen molar-refractivity contribution in [3.05, 3.63) is 18.1 Å². The second-order valence-corrected chi connectivity index (χ2v) is 3.64. The van der Waals surface area contributed by atoms with Gasteiger partial charge in [-0.3, -0.25) is 4.98 Å². The van der Waals surface area contributed by atoms with Gasteiger partial charge >= 0.3 is 0 Å². The van der Waals surface area contributed by atoms with E-state index >= 15 is 0 Å². The maximum Gasteiger partial charge on any atom is 0.150 e. The van der Waals surface area contributed by atoms with Crippen LogP contribution < -0.4 is 4.90 Å². The number of aryl methyl sites for hydroxylation is 1. The Kier molecular flexibility index (Phi) is 2.63. The van der Waals surface area contributed by atoms with E-state index in [1.807, 2.05) is 6.92 Å². The summed E-state index contributed by atoms with van der Waals surface area (Å²) in [6, 6.07) is 0.227. The highest BCUT2D eigenvalue weighted by molar-refractivity contribution is 5.44. The van der Waals surface area contributed by atoms with Crippen molar-refractivity contribution < 1.29 is 5.11 Å². The van der Waals surface area contributed by atoms with Crippen molar-refractivity contribution in [3.63, 3.8) is 0 Å². The van der Waals surface area contributed by atoms with Gasteiger partial charge in [-0.15, -0.1) is 0 Å². The van der Waals surface area contributed by atoms with Gasteiger partial charge in [-0.25, -0.2) is 4.98 Å². The predicted molar refractivity (Wildman–Crippen MR) is 54.2 cm³/mol. The molecule has 1 aromatic heterocycles. The van der Waals surface area contributed by atoms with Crippen molar-refractivity contribution in [1.29, 1.82) is 0 Å². The summed E-state index contributed by atoms with van der Waals surface area (Å²) in [7, 11) is 0. The first-order chi connectivity index (χ1) is 6.83. The number of anilines is 1. The molecule has 0 amide bonds. The summed E-state index contributed by atoms with van der Waals surface area (Å²) < 4.78 is 0. The van der Waals surface area contributed by atoms with Crippen LogP contribution in [0.4, 0.5) is 5.82 Å². The zero-order valence-corrected chi connectivity index (χ0v) is 8.35. The number of nitrogens with zero attached hydrogens (tertiary/aromatic N) is 3. The van der Waals surface area contributed by atoms with Crippen molar-refractivity contribution in [1.82, 2.24) is 9.97 Å². The summed E-state index contributed by atoms with van der Waals surface area (Å²) in [5, 5.41) is 9.20. The van der Waals surface area contributed by atoms with E-state index in [1.165, 1.54) is 0 Å². The number of hydrogen-bond donors (Lipinski definition) is 1. The predicted octanol–water partition coefficient (Wildman–Crippen LogP) is 0.746. The Hall–Kier alpha value is -1.16. The molecule has 0 unspecified atom stereocenters. The molecule has 0 aromatic carbocycles. The van der Waals surface area contributed by atoms with E-state index in [1.54, 1.807) is 12.4 Å². The molecule has 0 aliphatic carbocycles. The third kappa shape index (κ3) is 1.57. The molecule has 1 N–H and O–H groups in total. The highest BCUT2D eigenvalue weighted by Gasteiger charge is 2.25. The first-order valence-corrected chi connectivity index (χ1v) is 4.98. The molecular formula is C10H15N3O. The van der Waals surface area contributed by atoms with E-state index in [9.17, 15) is 5.11 Å². The fourth-order valence-corrected chi connectivity index (χ4v) is 1.99. The quantitative estimate of drug-likeness (QED) is 0.753. The lowest BCUT2D eigenvalue weighted by atomic mass is 10.2. The lowest BCUT2D eigenvalue weighted by molar-refractivity contribution is 0.266. The first-order valence-electron chi connectivity index (χ1n) is 4.98. The summed E-state index contributed by atoms with van der Waals surface area (Å²) in [6.07, 6.45) is 5.58. The fourth-order valence-electron chi connectivity index (χ4n) is 1.99. The van der Waals surface area contributed by atoms with E-state index < -0.39 is 0 Å². The number of aromatic nitrogens is 2. The van der Waals surface area contributed by atoms with Crippen LogP contribution in [0.1, 0.15) is 18.5 Å². The normalized spacial score (nSPS) is 21.6. The van der Waals surface area contributed by atoms with Crippen LogP contribution in [-0.2, 0) is 0 Å². The Labute approximate surface area is 83.6 Å². The molecule has 0 saturated carbocycles. The van der Waals surface area contributed by atoms with Crippen molar-refractivity contribution in [2.24, 2.45) is 0 Å². The van der Waals surface area contributed by atoms with Gasteiger partial charge in [-0.1, -0.05) is 0 Å². The van der Waals surface area contributed by atoms with Crippen molar-refractivity contribution in [3.8, 4) is 0 Å². The van der Waals surface area contributed by atoms with Crippen molar-refractivity contribution in [2.45, 2.75) is 25.8 Å². The molecule has 2 rings (SSSR count). The van der Waals surface area contributed by atoms with E-state index in [-0.39, 0.29) is 12.6 Å². The first kappa shape index (κ1) is 9.40. The Balaban J connectivity index is 2.26. The monoisotopic (exact) mass is 193 g/mol. The van der Waals surface area contributed by atoms with Crippen LogP contribution in [0.3, 0.4) is 0 Å². The maximum atomic E-state index is 9.20. The Morgan fingerprint density at radius 3 is 3.00 bits per heavy atom. The molecule has 1 aromatic rings. The van der Waals surface area contributed by atoms with Crippen molar-refractivity contribution in [2.75, 3.05) is 18.1 Å². The molecule has 2 heterocycles. The molecule has 1 atom stereocenters. The van der Waals surface area contributed by atoms with E-state index in [0.29, 0.717) is 0 Å². The van der Waals surface area contributed by atoms with Gasteiger partial charge in [0.1, 0.15) is 5.82 Å². The molecule has 14 heavy (non-hydrogen) atoms. The van der Waals surface area contributed by atoms with Crippen LogP contribution in [-0.4, -0.2) is 34.3 Å². The minimum absolute atomic E-state index is 0.204. The van der Waals surface area contributed by atoms with Gasteiger partial charge in [0.2, 0.25) is 0 Å². The van der Waals surface area contributed by atoms with E-state index in [0.717, 1.165) is 30.9 Å². The van der Waals surface area contributed by atoms with Crippen LogP contribution in [0.2, 0.25) is 0 Å². The van der Waals surface area contributed by atoms with Crippen molar-refractivity contribution >= 4 is 5.82 Å². The maximum absolute atomic E-state index is 9.20. The number of aliphatic hydroxyl groups is 1. The Morgan fingerprint density at radius 1 is 1.50 bits per heavy atom. The zero-order chi connectivity index (χ0) is 9.97. The zero-order valence-electron chi connectivity index (χ0n) is 8.35. The molecular weight excluding hydrogens is 178 g/mol.